The summed E-state index contributed by atoms with van der Waals surface area (Å²) in [6.07, 6.45) is 15.5. The lowest BCUT2D eigenvalue weighted by molar-refractivity contribution is 0.770. The molecule has 0 aliphatic heterocycles. The molecule has 0 atom stereocenters. The first kappa shape index (κ1) is 16.8. The summed E-state index contributed by atoms with van der Waals surface area (Å²) >= 11 is 0. The molecule has 0 amide bonds. The van der Waals surface area contributed by atoms with Gasteiger partial charge in [-0.05, 0) is 11.1 Å². The van der Waals surface area contributed by atoms with Gasteiger partial charge in [0, 0.05) is 0 Å². The maximum atomic E-state index is 2.68. The Kier molecular flexibility index (Phi) is 5.99. The number of hydrogen-bond acceptors (Lipinski definition) is 0. The molecule has 0 heterocycles. The second-order valence-corrected chi connectivity index (χ2v) is 19.7. The van der Waals surface area contributed by atoms with Gasteiger partial charge in [-0.25, -0.2) is 0 Å². The maximum absolute atomic E-state index is 2.68. The summed E-state index contributed by atoms with van der Waals surface area (Å²) in [6, 6.07) is 3.24. The number of unbranched alkanes of at least 4 members (excludes halogenated alkanes) is 1. The Bertz CT molecular complexity index is 254. The molecular weight excluding hydrogens is 272 g/mol. The molecule has 2 fully saturated rings. The van der Waals surface area contributed by atoms with E-state index in [-0.39, 0.29) is 0 Å². The van der Waals surface area contributed by atoms with Gasteiger partial charge in [0.1, 0.15) is 0 Å². The summed E-state index contributed by atoms with van der Waals surface area (Å²) in [4.78, 5) is 0. The smallest absolute Gasteiger partial charge is 0.0504 e. The van der Waals surface area contributed by atoms with E-state index in [9.17, 15) is 0 Å². The van der Waals surface area contributed by atoms with Crippen LogP contribution >= 0.6 is 0 Å². The number of hydrogen-bond donors (Lipinski definition) is 0. The third-order valence-corrected chi connectivity index (χ3v) is 15.7. The quantitative estimate of drug-likeness (QED) is 0.348. The van der Waals surface area contributed by atoms with E-state index >= 15 is 0 Å². The number of rotatable bonds is 7. The molecule has 0 aromatic carbocycles. The van der Waals surface area contributed by atoms with Crippen molar-refractivity contribution in [3.63, 3.8) is 0 Å². The predicted octanol–water partition coefficient (Wildman–Crippen LogP) is 7.07. The summed E-state index contributed by atoms with van der Waals surface area (Å²) < 4.78 is 0. The van der Waals surface area contributed by atoms with Crippen LogP contribution in [0.3, 0.4) is 0 Å². The fourth-order valence-electron chi connectivity index (χ4n) is 4.98. The molecule has 20 heavy (non-hydrogen) atoms. The average molecular weight is 311 g/mol. The lowest BCUT2D eigenvalue weighted by Crippen LogP contribution is -2.32. The zero-order valence-electron chi connectivity index (χ0n) is 14.6. The Balaban J connectivity index is 1.67. The van der Waals surface area contributed by atoms with Crippen LogP contribution in [-0.4, -0.2) is 16.1 Å². The van der Waals surface area contributed by atoms with Crippen LogP contribution in [0, 0.1) is 0 Å². The van der Waals surface area contributed by atoms with Crippen LogP contribution in [0.1, 0.15) is 64.2 Å². The van der Waals surface area contributed by atoms with Crippen molar-refractivity contribution in [3.8, 4) is 0 Å². The Labute approximate surface area is 130 Å². The first-order valence-corrected chi connectivity index (χ1v) is 16.0. The molecule has 0 aromatic heterocycles. The molecular formula is C18H38Si2. The summed E-state index contributed by atoms with van der Waals surface area (Å²) in [7, 11) is -1.77. The van der Waals surface area contributed by atoms with Crippen molar-refractivity contribution in [2.24, 2.45) is 0 Å². The lowest BCUT2D eigenvalue weighted by atomic mass is 10.4. The summed E-state index contributed by atoms with van der Waals surface area (Å²) in [5.74, 6) is 0. The first-order chi connectivity index (χ1) is 9.42. The minimum atomic E-state index is -0.883. The minimum Gasteiger partial charge on any atom is -0.0691 e. The van der Waals surface area contributed by atoms with Gasteiger partial charge in [0.15, 0.2) is 0 Å². The fraction of sp³-hybridized carbons (Fsp3) is 1.00. The van der Waals surface area contributed by atoms with Crippen molar-refractivity contribution in [2.75, 3.05) is 0 Å². The van der Waals surface area contributed by atoms with E-state index < -0.39 is 16.1 Å². The van der Waals surface area contributed by atoms with Crippen LogP contribution in [0.25, 0.3) is 0 Å². The molecule has 118 valence electrons. The topological polar surface area (TPSA) is 0 Å². The van der Waals surface area contributed by atoms with E-state index in [4.69, 9.17) is 0 Å². The standard InChI is InChI=1S/C18H38Si2/c1-19(2,17-11-5-6-12-17)15-9-10-16-20(3,4)18-13-7-8-14-18/h17-18H,5-16H2,1-4H3. The molecule has 2 saturated carbocycles. The second kappa shape index (κ2) is 7.13. The first-order valence-electron chi connectivity index (χ1n) is 9.42. The van der Waals surface area contributed by atoms with Gasteiger partial charge in [-0.2, -0.15) is 0 Å². The van der Waals surface area contributed by atoms with Crippen LogP contribution in [0.4, 0.5) is 0 Å². The van der Waals surface area contributed by atoms with E-state index in [1.165, 1.54) is 36.8 Å². The molecule has 0 radical (unpaired) electrons. The highest BCUT2D eigenvalue weighted by Gasteiger charge is 2.35. The SMILES string of the molecule is C[Si](C)(CCCC[Si](C)(C)C1CCCC1)C1CCCC1. The van der Waals surface area contributed by atoms with Crippen LogP contribution in [0.5, 0.6) is 0 Å². The molecule has 2 heteroatoms. The third-order valence-electron chi connectivity index (χ3n) is 6.81. The zero-order valence-corrected chi connectivity index (χ0v) is 16.6. The molecule has 2 aliphatic carbocycles. The van der Waals surface area contributed by atoms with Crippen LogP contribution in [0.15, 0.2) is 0 Å². The van der Waals surface area contributed by atoms with Gasteiger partial charge in [-0.3, -0.25) is 0 Å². The van der Waals surface area contributed by atoms with Crippen molar-refractivity contribution in [3.05, 3.63) is 0 Å². The van der Waals surface area contributed by atoms with Gasteiger partial charge in [0.05, 0.1) is 16.1 Å². The van der Waals surface area contributed by atoms with E-state index in [0.717, 1.165) is 0 Å². The van der Waals surface area contributed by atoms with Crippen molar-refractivity contribution in [1.82, 2.24) is 0 Å². The predicted molar refractivity (Wildman–Crippen MR) is 98.2 cm³/mol. The van der Waals surface area contributed by atoms with Gasteiger partial charge < -0.3 is 0 Å². The highest BCUT2D eigenvalue weighted by atomic mass is 28.3. The molecule has 0 saturated heterocycles. The Morgan fingerprint density at radius 1 is 0.600 bits per heavy atom. The van der Waals surface area contributed by atoms with Crippen molar-refractivity contribution >= 4 is 16.1 Å². The Morgan fingerprint density at radius 2 is 0.900 bits per heavy atom. The van der Waals surface area contributed by atoms with Gasteiger partial charge >= 0.3 is 0 Å². The van der Waals surface area contributed by atoms with Crippen LogP contribution < -0.4 is 0 Å². The monoisotopic (exact) mass is 310 g/mol. The second-order valence-electron chi connectivity index (χ2n) is 9.15. The normalized spacial score (nSPS) is 22.8. The molecule has 0 nitrogen and oxygen atoms in total. The van der Waals surface area contributed by atoms with Crippen molar-refractivity contribution in [1.29, 1.82) is 0 Å². The largest absolute Gasteiger partial charge is 0.0691 e. The third kappa shape index (κ3) is 4.46. The fourth-order valence-corrected chi connectivity index (χ4v) is 12.1. The van der Waals surface area contributed by atoms with E-state index in [2.05, 4.69) is 26.2 Å². The molecule has 0 spiro atoms. The summed E-state index contributed by atoms with van der Waals surface area (Å²) in [5, 5.41) is 0. The maximum Gasteiger partial charge on any atom is 0.0504 e. The van der Waals surface area contributed by atoms with Crippen molar-refractivity contribution < 1.29 is 0 Å². The van der Waals surface area contributed by atoms with Crippen LogP contribution in [0.2, 0.25) is 49.4 Å². The molecule has 0 unspecified atom stereocenters. The highest BCUT2D eigenvalue weighted by Crippen LogP contribution is 2.43. The summed E-state index contributed by atoms with van der Waals surface area (Å²) in [6.45, 7) is 10.7. The van der Waals surface area contributed by atoms with Gasteiger partial charge in [-0.15, -0.1) is 0 Å². The van der Waals surface area contributed by atoms with Crippen LogP contribution in [-0.2, 0) is 0 Å². The van der Waals surface area contributed by atoms with Gasteiger partial charge in [0.2, 0.25) is 0 Å². The molecule has 2 rings (SSSR count). The molecule has 0 bridgehead atoms. The zero-order chi connectivity index (χ0) is 14.6. The highest BCUT2D eigenvalue weighted by molar-refractivity contribution is 6.79. The Morgan fingerprint density at radius 3 is 1.20 bits per heavy atom. The van der Waals surface area contributed by atoms with E-state index in [0.29, 0.717) is 0 Å². The summed E-state index contributed by atoms with van der Waals surface area (Å²) in [5.41, 5.74) is 2.34. The lowest BCUT2D eigenvalue weighted by Gasteiger charge is -2.32. The molecule has 0 aromatic rings. The van der Waals surface area contributed by atoms with E-state index in [1.807, 2.05) is 0 Å². The minimum absolute atomic E-state index is 0.883. The molecule has 2 aliphatic rings. The van der Waals surface area contributed by atoms with Gasteiger partial charge in [0.25, 0.3) is 0 Å². The average Bonchev–Trinajstić information content (AvgIpc) is 3.05. The Hall–Kier alpha value is 0.434. The van der Waals surface area contributed by atoms with Crippen molar-refractivity contribution in [2.45, 2.75) is 114 Å². The van der Waals surface area contributed by atoms with Gasteiger partial charge in [-0.1, -0.05) is 102 Å². The van der Waals surface area contributed by atoms with E-state index in [1.54, 1.807) is 50.6 Å². The molecule has 0 N–H and O–H groups in total.